The molecule has 0 unspecified atom stereocenters. The van der Waals surface area contributed by atoms with Crippen molar-refractivity contribution >= 4 is 17.2 Å². The molecule has 1 aromatic heterocycles. The van der Waals surface area contributed by atoms with Gasteiger partial charge in [-0.1, -0.05) is 30.3 Å². The zero-order valence-electron chi connectivity index (χ0n) is 18.0. The van der Waals surface area contributed by atoms with Crippen LogP contribution < -0.4 is 4.74 Å². The summed E-state index contributed by atoms with van der Waals surface area (Å²) in [6.07, 6.45) is 2.51. The minimum atomic E-state index is 0.283. The van der Waals surface area contributed by atoms with E-state index in [-0.39, 0.29) is 5.91 Å². The van der Waals surface area contributed by atoms with E-state index in [1.54, 1.807) is 18.4 Å². The molecular formula is C25H29N3O2S. The summed E-state index contributed by atoms with van der Waals surface area (Å²) >= 11 is 1.67. The van der Waals surface area contributed by atoms with Gasteiger partial charge in [-0.25, -0.2) is 4.98 Å². The second-order valence-electron chi connectivity index (χ2n) is 7.87. The predicted octanol–water partition coefficient (Wildman–Crippen LogP) is 4.49. The lowest BCUT2D eigenvalue weighted by Gasteiger charge is -2.34. The number of carbonyl (C=O) groups excluding carboxylic acids is 1. The Balaban J connectivity index is 1.21. The van der Waals surface area contributed by atoms with E-state index in [0.29, 0.717) is 6.42 Å². The van der Waals surface area contributed by atoms with Gasteiger partial charge in [-0.2, -0.15) is 0 Å². The summed E-state index contributed by atoms with van der Waals surface area (Å²) in [6.45, 7) is 4.25. The topological polar surface area (TPSA) is 45.7 Å². The second-order valence-corrected chi connectivity index (χ2v) is 8.73. The van der Waals surface area contributed by atoms with Crippen molar-refractivity contribution in [3.05, 3.63) is 71.2 Å². The van der Waals surface area contributed by atoms with Crippen LogP contribution in [0.2, 0.25) is 0 Å². The number of amides is 1. The third kappa shape index (κ3) is 5.93. The number of aryl methyl sites for hydroxylation is 1. The molecule has 3 aromatic rings. The molecule has 1 aliphatic rings. The van der Waals surface area contributed by atoms with Crippen LogP contribution in [0.5, 0.6) is 5.75 Å². The number of piperazine rings is 1. The highest BCUT2D eigenvalue weighted by Gasteiger charge is 2.21. The molecule has 0 spiro atoms. The minimum Gasteiger partial charge on any atom is -0.497 e. The number of methoxy groups -OCH3 is 1. The number of carbonyl (C=O) groups is 1. The van der Waals surface area contributed by atoms with Crippen molar-refractivity contribution < 1.29 is 9.53 Å². The maximum atomic E-state index is 12.5. The lowest BCUT2D eigenvalue weighted by Crippen LogP contribution is -2.48. The molecule has 5 nitrogen and oxygen atoms in total. The van der Waals surface area contributed by atoms with Crippen LogP contribution in [-0.2, 0) is 17.8 Å². The number of nitrogens with zero attached hydrogens (tertiary/aromatic N) is 3. The van der Waals surface area contributed by atoms with Gasteiger partial charge in [0.05, 0.1) is 12.8 Å². The van der Waals surface area contributed by atoms with E-state index in [1.165, 1.54) is 5.56 Å². The summed E-state index contributed by atoms with van der Waals surface area (Å²) in [4.78, 5) is 21.8. The standard InChI is InChI=1S/C25H29N3O2S/c1-30-23-12-10-21(11-13-23)25-26-22(19-31-25)18-27-14-16-28(17-15-27)24(29)9-5-8-20-6-3-2-4-7-20/h2-4,6-7,10-13,19H,5,8-9,14-18H2,1H3. The summed E-state index contributed by atoms with van der Waals surface area (Å²) in [5.74, 6) is 1.14. The van der Waals surface area contributed by atoms with Gasteiger partial charge in [0.1, 0.15) is 10.8 Å². The van der Waals surface area contributed by atoms with E-state index in [2.05, 4.69) is 34.5 Å². The normalized spacial score (nSPS) is 14.5. The van der Waals surface area contributed by atoms with Crippen molar-refractivity contribution in [1.29, 1.82) is 0 Å². The number of hydrogen-bond donors (Lipinski definition) is 0. The zero-order chi connectivity index (χ0) is 21.5. The van der Waals surface area contributed by atoms with Crippen LogP contribution in [0.4, 0.5) is 0 Å². The zero-order valence-corrected chi connectivity index (χ0v) is 18.8. The lowest BCUT2D eigenvalue weighted by atomic mass is 10.1. The lowest BCUT2D eigenvalue weighted by molar-refractivity contribution is -0.133. The highest BCUT2D eigenvalue weighted by atomic mass is 32.1. The first-order valence-electron chi connectivity index (χ1n) is 10.8. The van der Waals surface area contributed by atoms with Crippen LogP contribution in [0.1, 0.15) is 24.1 Å². The van der Waals surface area contributed by atoms with Gasteiger partial charge in [0.15, 0.2) is 0 Å². The smallest absolute Gasteiger partial charge is 0.222 e. The fourth-order valence-corrected chi connectivity index (χ4v) is 4.69. The van der Waals surface area contributed by atoms with Crippen molar-refractivity contribution in [2.24, 2.45) is 0 Å². The Morgan fingerprint density at radius 3 is 2.48 bits per heavy atom. The number of benzene rings is 2. The first kappa shape index (κ1) is 21.5. The number of thiazole rings is 1. The molecule has 0 bridgehead atoms. The van der Waals surface area contributed by atoms with Crippen molar-refractivity contribution in [2.45, 2.75) is 25.8 Å². The van der Waals surface area contributed by atoms with Crippen LogP contribution in [0.3, 0.4) is 0 Å². The average molecular weight is 436 g/mol. The molecule has 0 aliphatic carbocycles. The molecule has 0 radical (unpaired) electrons. The summed E-state index contributed by atoms with van der Waals surface area (Å²) < 4.78 is 5.23. The molecule has 162 valence electrons. The van der Waals surface area contributed by atoms with Crippen LogP contribution in [0, 0.1) is 0 Å². The van der Waals surface area contributed by atoms with Gasteiger partial charge in [0.2, 0.25) is 5.91 Å². The second kappa shape index (κ2) is 10.6. The monoisotopic (exact) mass is 435 g/mol. The SMILES string of the molecule is COc1ccc(-c2nc(CN3CCN(C(=O)CCCc4ccccc4)CC3)cs2)cc1. The van der Waals surface area contributed by atoms with E-state index < -0.39 is 0 Å². The first-order valence-corrected chi connectivity index (χ1v) is 11.7. The Labute approximate surface area is 188 Å². The highest BCUT2D eigenvalue weighted by molar-refractivity contribution is 7.13. The van der Waals surface area contributed by atoms with E-state index in [9.17, 15) is 4.79 Å². The van der Waals surface area contributed by atoms with Gasteiger partial charge in [-0.05, 0) is 42.7 Å². The molecule has 0 saturated carbocycles. The van der Waals surface area contributed by atoms with E-state index in [0.717, 1.165) is 67.6 Å². The van der Waals surface area contributed by atoms with Crippen molar-refractivity contribution in [3.8, 4) is 16.3 Å². The molecule has 2 aromatic carbocycles. The van der Waals surface area contributed by atoms with Crippen molar-refractivity contribution in [3.63, 3.8) is 0 Å². The Kier molecular flexibility index (Phi) is 7.33. The largest absolute Gasteiger partial charge is 0.497 e. The van der Waals surface area contributed by atoms with Crippen molar-refractivity contribution in [1.82, 2.24) is 14.8 Å². The fourth-order valence-electron chi connectivity index (χ4n) is 3.88. The van der Waals surface area contributed by atoms with Crippen LogP contribution in [0.15, 0.2) is 60.0 Å². The Hall–Kier alpha value is -2.70. The quantitative estimate of drug-likeness (QED) is 0.523. The third-order valence-electron chi connectivity index (χ3n) is 5.70. The predicted molar refractivity (Wildman–Crippen MR) is 125 cm³/mol. The van der Waals surface area contributed by atoms with Gasteiger partial charge < -0.3 is 9.64 Å². The minimum absolute atomic E-state index is 0.283. The summed E-state index contributed by atoms with van der Waals surface area (Å²) in [5.41, 5.74) is 3.51. The molecule has 0 N–H and O–H groups in total. The Morgan fingerprint density at radius 2 is 1.77 bits per heavy atom. The van der Waals surface area contributed by atoms with Crippen LogP contribution >= 0.6 is 11.3 Å². The van der Waals surface area contributed by atoms with Gasteiger partial charge in [0, 0.05) is 50.1 Å². The summed E-state index contributed by atoms with van der Waals surface area (Å²) in [7, 11) is 1.68. The maximum absolute atomic E-state index is 12.5. The van der Waals surface area contributed by atoms with E-state index >= 15 is 0 Å². The van der Waals surface area contributed by atoms with Gasteiger partial charge >= 0.3 is 0 Å². The van der Waals surface area contributed by atoms with Gasteiger partial charge in [0.25, 0.3) is 0 Å². The third-order valence-corrected chi connectivity index (χ3v) is 6.64. The molecule has 6 heteroatoms. The molecule has 4 rings (SSSR count). The maximum Gasteiger partial charge on any atom is 0.222 e. The number of ether oxygens (including phenoxy) is 1. The number of rotatable bonds is 8. The van der Waals surface area contributed by atoms with E-state index in [1.807, 2.05) is 35.2 Å². The molecule has 2 heterocycles. The molecule has 1 amide bonds. The Bertz CT molecular complexity index is 964. The molecule has 31 heavy (non-hydrogen) atoms. The van der Waals surface area contributed by atoms with E-state index in [4.69, 9.17) is 9.72 Å². The Morgan fingerprint density at radius 1 is 1.03 bits per heavy atom. The highest BCUT2D eigenvalue weighted by Crippen LogP contribution is 2.26. The summed E-state index contributed by atoms with van der Waals surface area (Å²) in [5, 5.41) is 3.17. The fraction of sp³-hybridized carbons (Fsp3) is 0.360. The molecule has 1 saturated heterocycles. The van der Waals surface area contributed by atoms with Gasteiger partial charge in [-0.15, -0.1) is 11.3 Å². The molecular weight excluding hydrogens is 406 g/mol. The van der Waals surface area contributed by atoms with Crippen LogP contribution in [0.25, 0.3) is 10.6 Å². The summed E-state index contributed by atoms with van der Waals surface area (Å²) in [6, 6.07) is 18.4. The molecule has 1 fully saturated rings. The first-order chi connectivity index (χ1) is 15.2. The van der Waals surface area contributed by atoms with Crippen LogP contribution in [-0.4, -0.2) is 54.0 Å². The number of hydrogen-bond acceptors (Lipinski definition) is 5. The molecule has 0 atom stereocenters. The number of aromatic nitrogens is 1. The average Bonchev–Trinajstić information content (AvgIpc) is 3.29. The molecule has 1 aliphatic heterocycles. The van der Waals surface area contributed by atoms with Gasteiger partial charge in [-0.3, -0.25) is 9.69 Å². The van der Waals surface area contributed by atoms with Crippen molar-refractivity contribution in [2.75, 3.05) is 33.3 Å².